The van der Waals surface area contributed by atoms with Gasteiger partial charge in [0.05, 0.1) is 5.92 Å². The van der Waals surface area contributed by atoms with E-state index in [4.69, 9.17) is 0 Å². The summed E-state index contributed by atoms with van der Waals surface area (Å²) in [7, 11) is 0. The van der Waals surface area contributed by atoms with Crippen molar-refractivity contribution in [2.45, 2.75) is 38.0 Å². The Hall–Kier alpha value is -0.830. The number of hydrogen-bond donors (Lipinski definition) is 0. The average molecular weight is 235 g/mol. The molecule has 0 bridgehead atoms. The van der Waals surface area contributed by atoms with Crippen LogP contribution in [0, 0.1) is 0 Å². The smallest absolute Gasteiger partial charge is 0.230 e. The molecule has 1 aliphatic heterocycles. The largest absolute Gasteiger partial charge is 0.342 e. The maximum absolute atomic E-state index is 12.4. The molecule has 2 nitrogen and oxygen atoms in total. The molecule has 1 aromatic heterocycles. The summed E-state index contributed by atoms with van der Waals surface area (Å²) in [6.07, 6.45) is 5.79. The fourth-order valence-corrected chi connectivity index (χ4v) is 3.89. The van der Waals surface area contributed by atoms with E-state index in [0.29, 0.717) is 5.91 Å². The number of amides is 1. The fourth-order valence-electron chi connectivity index (χ4n) is 2.90. The molecule has 16 heavy (non-hydrogen) atoms. The van der Waals surface area contributed by atoms with Crippen molar-refractivity contribution in [3.8, 4) is 0 Å². The third kappa shape index (κ3) is 1.67. The monoisotopic (exact) mass is 235 g/mol. The molecular formula is C13H17NOS. The van der Waals surface area contributed by atoms with Gasteiger partial charge in [0.1, 0.15) is 0 Å². The minimum Gasteiger partial charge on any atom is -0.342 e. The zero-order valence-electron chi connectivity index (χ0n) is 9.45. The van der Waals surface area contributed by atoms with Gasteiger partial charge in [0.25, 0.3) is 0 Å². The average Bonchev–Trinajstić information content (AvgIpc) is 2.98. The third-order valence-electron chi connectivity index (χ3n) is 3.77. The molecule has 3 rings (SSSR count). The summed E-state index contributed by atoms with van der Waals surface area (Å²) in [6.45, 7) is 1.96. The zero-order chi connectivity index (χ0) is 11.0. The highest BCUT2D eigenvalue weighted by Gasteiger charge is 2.31. The number of carbonyl (C=O) groups excluding carboxylic acids is 1. The van der Waals surface area contributed by atoms with E-state index in [2.05, 4.69) is 16.3 Å². The Morgan fingerprint density at radius 3 is 2.94 bits per heavy atom. The number of rotatable bonds is 1. The van der Waals surface area contributed by atoms with E-state index < -0.39 is 0 Å². The van der Waals surface area contributed by atoms with Crippen molar-refractivity contribution in [3.63, 3.8) is 0 Å². The fraction of sp³-hybridized carbons (Fsp3) is 0.615. The van der Waals surface area contributed by atoms with Crippen molar-refractivity contribution in [1.82, 2.24) is 4.90 Å². The number of aryl methyl sites for hydroxylation is 1. The lowest BCUT2D eigenvalue weighted by Crippen LogP contribution is -2.33. The predicted molar refractivity (Wildman–Crippen MR) is 65.8 cm³/mol. The van der Waals surface area contributed by atoms with Crippen molar-refractivity contribution < 1.29 is 4.79 Å². The highest BCUT2D eigenvalue weighted by Crippen LogP contribution is 2.36. The normalized spacial score (nSPS) is 24.5. The van der Waals surface area contributed by atoms with Gasteiger partial charge in [-0.25, -0.2) is 0 Å². The molecule has 3 heteroatoms. The number of likely N-dealkylation sites (tertiary alicyclic amines) is 1. The Kier molecular flexibility index (Phi) is 2.72. The lowest BCUT2D eigenvalue weighted by molar-refractivity contribution is -0.132. The molecule has 1 aromatic rings. The first-order valence-corrected chi connectivity index (χ1v) is 7.09. The van der Waals surface area contributed by atoms with E-state index in [9.17, 15) is 4.79 Å². The van der Waals surface area contributed by atoms with Crippen LogP contribution in [0.4, 0.5) is 0 Å². The van der Waals surface area contributed by atoms with Crippen LogP contribution in [0.1, 0.15) is 42.0 Å². The number of carbonyl (C=O) groups is 1. The Morgan fingerprint density at radius 1 is 1.31 bits per heavy atom. The van der Waals surface area contributed by atoms with Crippen LogP contribution < -0.4 is 0 Å². The second kappa shape index (κ2) is 4.21. The van der Waals surface area contributed by atoms with Crippen molar-refractivity contribution in [1.29, 1.82) is 0 Å². The van der Waals surface area contributed by atoms with E-state index >= 15 is 0 Å². The van der Waals surface area contributed by atoms with Gasteiger partial charge in [-0.05, 0) is 49.1 Å². The molecule has 1 atom stereocenters. The van der Waals surface area contributed by atoms with E-state index in [1.807, 2.05) is 11.3 Å². The van der Waals surface area contributed by atoms with Gasteiger partial charge in [0.2, 0.25) is 5.91 Å². The molecule has 0 aromatic carbocycles. The molecule has 0 N–H and O–H groups in total. The molecule has 1 unspecified atom stereocenters. The van der Waals surface area contributed by atoms with Crippen LogP contribution in [0.3, 0.4) is 0 Å². The highest BCUT2D eigenvalue weighted by molar-refractivity contribution is 7.10. The molecule has 1 saturated heterocycles. The summed E-state index contributed by atoms with van der Waals surface area (Å²) in [5.74, 6) is 0.560. The molecule has 2 heterocycles. The van der Waals surface area contributed by atoms with Crippen LogP contribution in [-0.4, -0.2) is 23.9 Å². The summed E-state index contributed by atoms with van der Waals surface area (Å²) in [6, 6.07) is 2.16. The Bertz CT molecular complexity index is 392. The van der Waals surface area contributed by atoms with Gasteiger partial charge < -0.3 is 4.90 Å². The summed E-state index contributed by atoms with van der Waals surface area (Å²) >= 11 is 1.82. The van der Waals surface area contributed by atoms with Crippen molar-refractivity contribution in [2.24, 2.45) is 0 Å². The van der Waals surface area contributed by atoms with Crippen LogP contribution in [0.15, 0.2) is 11.4 Å². The van der Waals surface area contributed by atoms with E-state index in [1.165, 1.54) is 36.1 Å². The van der Waals surface area contributed by atoms with Crippen molar-refractivity contribution >= 4 is 17.2 Å². The van der Waals surface area contributed by atoms with Gasteiger partial charge in [-0.2, -0.15) is 0 Å². The Balaban J connectivity index is 1.83. The van der Waals surface area contributed by atoms with Crippen LogP contribution in [-0.2, 0) is 11.2 Å². The summed E-state index contributed by atoms with van der Waals surface area (Å²) in [4.78, 5) is 15.9. The van der Waals surface area contributed by atoms with Crippen LogP contribution >= 0.6 is 11.3 Å². The topological polar surface area (TPSA) is 20.3 Å². The Morgan fingerprint density at radius 2 is 2.12 bits per heavy atom. The standard InChI is InChI=1S/C13H17NOS/c15-13(14-7-1-2-8-14)11-4-3-5-12-10(11)6-9-16-12/h6,9,11H,1-5,7-8H2. The van der Waals surface area contributed by atoms with E-state index in [1.54, 1.807) is 0 Å². The first-order chi connectivity index (χ1) is 7.86. The summed E-state index contributed by atoms with van der Waals surface area (Å²) in [5, 5.41) is 2.14. The predicted octanol–water partition coefficient (Wildman–Crippen LogP) is 2.79. The lowest BCUT2D eigenvalue weighted by atomic mass is 9.87. The molecule has 0 spiro atoms. The van der Waals surface area contributed by atoms with Gasteiger partial charge >= 0.3 is 0 Å². The molecule has 86 valence electrons. The first kappa shape index (κ1) is 10.3. The quantitative estimate of drug-likeness (QED) is 0.733. The van der Waals surface area contributed by atoms with Gasteiger partial charge in [-0.3, -0.25) is 4.79 Å². The molecule has 1 fully saturated rings. The maximum atomic E-state index is 12.4. The Labute approximate surface area is 100 Å². The van der Waals surface area contributed by atoms with Crippen molar-refractivity contribution in [2.75, 3.05) is 13.1 Å². The molecule has 1 aliphatic carbocycles. The van der Waals surface area contributed by atoms with Gasteiger partial charge in [0.15, 0.2) is 0 Å². The highest BCUT2D eigenvalue weighted by atomic mass is 32.1. The molecule has 2 aliphatic rings. The summed E-state index contributed by atoms with van der Waals surface area (Å²) in [5.41, 5.74) is 1.33. The van der Waals surface area contributed by atoms with Gasteiger partial charge in [-0.1, -0.05) is 0 Å². The number of nitrogens with zero attached hydrogens (tertiary/aromatic N) is 1. The number of fused-ring (bicyclic) bond motifs is 1. The van der Waals surface area contributed by atoms with E-state index in [-0.39, 0.29) is 5.92 Å². The van der Waals surface area contributed by atoms with Crippen LogP contribution in [0.2, 0.25) is 0 Å². The number of hydrogen-bond acceptors (Lipinski definition) is 2. The lowest BCUT2D eigenvalue weighted by Gasteiger charge is -2.26. The van der Waals surface area contributed by atoms with Crippen LogP contribution in [0.5, 0.6) is 0 Å². The summed E-state index contributed by atoms with van der Waals surface area (Å²) < 4.78 is 0. The zero-order valence-corrected chi connectivity index (χ0v) is 10.3. The minimum atomic E-state index is 0.174. The third-order valence-corrected chi connectivity index (χ3v) is 4.76. The second-order valence-electron chi connectivity index (χ2n) is 4.78. The van der Waals surface area contributed by atoms with Gasteiger partial charge in [0, 0.05) is 18.0 Å². The minimum absolute atomic E-state index is 0.174. The molecular weight excluding hydrogens is 218 g/mol. The number of thiophene rings is 1. The first-order valence-electron chi connectivity index (χ1n) is 6.21. The molecule has 0 saturated carbocycles. The molecule has 1 amide bonds. The maximum Gasteiger partial charge on any atom is 0.230 e. The van der Waals surface area contributed by atoms with Gasteiger partial charge in [-0.15, -0.1) is 11.3 Å². The molecule has 0 radical (unpaired) electrons. The van der Waals surface area contributed by atoms with E-state index in [0.717, 1.165) is 19.5 Å². The van der Waals surface area contributed by atoms with Crippen LogP contribution in [0.25, 0.3) is 0 Å². The SMILES string of the molecule is O=C(C1CCCc2sccc21)N1CCCC1. The second-order valence-corrected chi connectivity index (χ2v) is 5.78. The van der Waals surface area contributed by atoms with Crippen molar-refractivity contribution in [3.05, 3.63) is 21.9 Å².